The van der Waals surface area contributed by atoms with Crippen LogP contribution in [0.4, 0.5) is 11.4 Å². The first-order valence-corrected chi connectivity index (χ1v) is 8.48. The van der Waals surface area contributed by atoms with Gasteiger partial charge in [0.15, 0.2) is 9.84 Å². The molecule has 0 bridgehead atoms. The van der Waals surface area contributed by atoms with Crippen molar-refractivity contribution in [2.24, 2.45) is 0 Å². The largest absolute Gasteiger partial charge is 0.399 e. The van der Waals surface area contributed by atoms with E-state index in [-0.39, 0.29) is 11.5 Å². The second-order valence-electron chi connectivity index (χ2n) is 5.08. The van der Waals surface area contributed by atoms with Crippen LogP contribution in [0, 0.1) is 0 Å². The molecule has 0 spiro atoms. The molecule has 0 unspecified atom stereocenters. The van der Waals surface area contributed by atoms with Crippen molar-refractivity contribution < 1.29 is 13.5 Å². The van der Waals surface area contributed by atoms with Crippen LogP contribution in [0.15, 0.2) is 23.1 Å². The first-order valence-electron chi connectivity index (χ1n) is 6.59. The highest BCUT2D eigenvalue weighted by molar-refractivity contribution is 7.90. The van der Waals surface area contributed by atoms with E-state index in [1.807, 2.05) is 0 Å². The van der Waals surface area contributed by atoms with Crippen LogP contribution in [0.5, 0.6) is 0 Å². The lowest BCUT2D eigenvalue weighted by Gasteiger charge is -2.36. The Labute approximate surface area is 119 Å². The first-order chi connectivity index (χ1) is 9.40. The van der Waals surface area contributed by atoms with Gasteiger partial charge in [0, 0.05) is 50.4 Å². The molecule has 1 aromatic rings. The Morgan fingerprint density at radius 2 is 1.85 bits per heavy atom. The van der Waals surface area contributed by atoms with Crippen LogP contribution in [0.1, 0.15) is 0 Å². The summed E-state index contributed by atoms with van der Waals surface area (Å²) in [5, 5.41) is 8.93. The van der Waals surface area contributed by atoms with Crippen LogP contribution in [0.2, 0.25) is 0 Å². The van der Waals surface area contributed by atoms with Crippen molar-refractivity contribution in [2.75, 3.05) is 56.2 Å². The highest BCUT2D eigenvalue weighted by atomic mass is 32.2. The Morgan fingerprint density at radius 3 is 2.40 bits per heavy atom. The minimum absolute atomic E-state index is 0.163. The maximum Gasteiger partial charge on any atom is 0.175 e. The number of nitrogens with zero attached hydrogens (tertiary/aromatic N) is 2. The van der Waals surface area contributed by atoms with Crippen LogP contribution in [0.3, 0.4) is 0 Å². The van der Waals surface area contributed by atoms with Gasteiger partial charge in [0.25, 0.3) is 0 Å². The monoisotopic (exact) mass is 299 g/mol. The number of aliphatic hydroxyl groups excluding tert-OH is 1. The lowest BCUT2D eigenvalue weighted by molar-refractivity contribution is 0.189. The van der Waals surface area contributed by atoms with Gasteiger partial charge in [-0.1, -0.05) is 0 Å². The molecular formula is C13H21N3O3S. The summed E-state index contributed by atoms with van der Waals surface area (Å²) < 4.78 is 23.3. The van der Waals surface area contributed by atoms with Crippen molar-refractivity contribution in [2.45, 2.75) is 4.90 Å². The fraction of sp³-hybridized carbons (Fsp3) is 0.538. The van der Waals surface area contributed by atoms with Gasteiger partial charge in [-0.25, -0.2) is 8.42 Å². The van der Waals surface area contributed by atoms with Crippen molar-refractivity contribution in [3.63, 3.8) is 0 Å². The quantitative estimate of drug-likeness (QED) is 0.748. The minimum Gasteiger partial charge on any atom is -0.399 e. The molecule has 1 aliphatic rings. The smallest absolute Gasteiger partial charge is 0.175 e. The topological polar surface area (TPSA) is 86.9 Å². The van der Waals surface area contributed by atoms with Crippen molar-refractivity contribution in [1.82, 2.24) is 4.90 Å². The lowest BCUT2D eigenvalue weighted by Crippen LogP contribution is -2.47. The molecule has 1 aliphatic heterocycles. The molecule has 0 aliphatic carbocycles. The average molecular weight is 299 g/mol. The number of hydrogen-bond donors (Lipinski definition) is 2. The molecule has 1 heterocycles. The zero-order chi connectivity index (χ0) is 14.8. The van der Waals surface area contributed by atoms with E-state index in [0.717, 1.165) is 31.9 Å². The summed E-state index contributed by atoms with van der Waals surface area (Å²) in [4.78, 5) is 4.56. The minimum atomic E-state index is -3.26. The number of hydrogen-bond acceptors (Lipinski definition) is 6. The van der Waals surface area contributed by atoms with E-state index in [9.17, 15) is 8.42 Å². The van der Waals surface area contributed by atoms with E-state index >= 15 is 0 Å². The van der Waals surface area contributed by atoms with Gasteiger partial charge in [-0.05, 0) is 18.2 Å². The van der Waals surface area contributed by atoms with E-state index in [2.05, 4.69) is 9.80 Å². The van der Waals surface area contributed by atoms with Gasteiger partial charge in [-0.3, -0.25) is 4.90 Å². The normalized spacial score (nSPS) is 17.4. The Hall–Kier alpha value is -1.31. The highest BCUT2D eigenvalue weighted by Gasteiger charge is 2.18. The van der Waals surface area contributed by atoms with Crippen molar-refractivity contribution in [1.29, 1.82) is 0 Å². The number of β-amino-alcohol motifs (C(OH)–C–C–N with tert-alkyl or cyclic N) is 1. The van der Waals surface area contributed by atoms with Gasteiger partial charge in [0.1, 0.15) is 0 Å². The van der Waals surface area contributed by atoms with Gasteiger partial charge in [0.2, 0.25) is 0 Å². The molecule has 0 atom stereocenters. The van der Waals surface area contributed by atoms with Crippen LogP contribution in [-0.2, 0) is 9.84 Å². The fourth-order valence-corrected chi connectivity index (χ4v) is 3.06. The fourth-order valence-electron chi connectivity index (χ4n) is 2.37. The SMILES string of the molecule is CS(=O)(=O)c1cc(N)cc(N2CCN(CCO)CC2)c1. The summed E-state index contributed by atoms with van der Waals surface area (Å²) >= 11 is 0. The summed E-state index contributed by atoms with van der Waals surface area (Å²) in [5.74, 6) is 0. The third-order valence-electron chi connectivity index (χ3n) is 3.50. The van der Waals surface area contributed by atoms with Gasteiger partial charge >= 0.3 is 0 Å². The highest BCUT2D eigenvalue weighted by Crippen LogP contribution is 2.24. The molecule has 20 heavy (non-hydrogen) atoms. The van der Waals surface area contributed by atoms with Gasteiger partial charge < -0.3 is 15.7 Å². The van der Waals surface area contributed by atoms with E-state index < -0.39 is 9.84 Å². The van der Waals surface area contributed by atoms with Crippen LogP contribution < -0.4 is 10.6 Å². The molecule has 0 saturated carbocycles. The first kappa shape index (κ1) is 15.1. The Balaban J connectivity index is 2.16. The third kappa shape index (κ3) is 3.62. The van der Waals surface area contributed by atoms with E-state index in [1.165, 1.54) is 12.3 Å². The molecule has 1 saturated heterocycles. The zero-order valence-electron chi connectivity index (χ0n) is 11.6. The van der Waals surface area contributed by atoms with E-state index in [4.69, 9.17) is 10.8 Å². The molecule has 3 N–H and O–H groups in total. The summed E-state index contributed by atoms with van der Waals surface area (Å²) in [7, 11) is -3.26. The number of rotatable bonds is 4. The summed E-state index contributed by atoms with van der Waals surface area (Å²) in [6.07, 6.45) is 1.19. The molecule has 1 aromatic carbocycles. The maximum atomic E-state index is 11.6. The van der Waals surface area contributed by atoms with Crippen LogP contribution >= 0.6 is 0 Å². The molecular weight excluding hydrogens is 278 g/mol. The lowest BCUT2D eigenvalue weighted by atomic mass is 10.2. The summed E-state index contributed by atoms with van der Waals surface area (Å²) in [5.41, 5.74) is 7.10. The summed E-state index contributed by atoms with van der Waals surface area (Å²) in [6, 6.07) is 4.96. The number of sulfone groups is 1. The van der Waals surface area contributed by atoms with Crippen LogP contribution in [0.25, 0.3) is 0 Å². The van der Waals surface area contributed by atoms with E-state index in [0.29, 0.717) is 12.2 Å². The molecule has 0 amide bonds. The second kappa shape index (κ2) is 5.99. The number of aliphatic hydroxyl groups is 1. The number of anilines is 2. The number of piperazine rings is 1. The molecule has 112 valence electrons. The molecule has 1 fully saturated rings. The Kier molecular flexibility index (Phi) is 4.52. The maximum absolute atomic E-state index is 11.6. The standard InChI is InChI=1S/C13H21N3O3S/c1-20(18,19)13-9-11(14)8-12(10-13)16-4-2-15(3-5-16)6-7-17/h8-10,17H,2-7,14H2,1H3. The predicted octanol–water partition coefficient (Wildman–Crippen LogP) is -0.213. The van der Waals surface area contributed by atoms with Crippen LogP contribution in [-0.4, -0.2) is 64.0 Å². The molecule has 0 aromatic heterocycles. The van der Waals surface area contributed by atoms with Crippen molar-refractivity contribution in [3.8, 4) is 0 Å². The second-order valence-corrected chi connectivity index (χ2v) is 7.10. The molecule has 2 rings (SSSR count). The van der Waals surface area contributed by atoms with Crippen molar-refractivity contribution in [3.05, 3.63) is 18.2 Å². The number of benzene rings is 1. The third-order valence-corrected chi connectivity index (χ3v) is 4.59. The Bertz CT molecular complexity index is 566. The van der Waals surface area contributed by atoms with Gasteiger partial charge in [-0.15, -0.1) is 0 Å². The van der Waals surface area contributed by atoms with E-state index in [1.54, 1.807) is 12.1 Å². The predicted molar refractivity (Wildman–Crippen MR) is 79.7 cm³/mol. The van der Waals surface area contributed by atoms with Gasteiger partial charge in [0.05, 0.1) is 11.5 Å². The number of nitrogen functional groups attached to an aromatic ring is 1. The average Bonchev–Trinajstić information content (AvgIpc) is 2.38. The zero-order valence-corrected chi connectivity index (χ0v) is 12.4. The Morgan fingerprint density at radius 1 is 1.20 bits per heavy atom. The molecule has 7 heteroatoms. The van der Waals surface area contributed by atoms with Gasteiger partial charge in [-0.2, -0.15) is 0 Å². The molecule has 0 radical (unpaired) electrons. The van der Waals surface area contributed by atoms with Crippen molar-refractivity contribution >= 4 is 21.2 Å². The molecule has 6 nitrogen and oxygen atoms in total. The number of nitrogens with two attached hydrogens (primary N) is 1. The summed E-state index contributed by atoms with van der Waals surface area (Å²) in [6.45, 7) is 4.14.